The summed E-state index contributed by atoms with van der Waals surface area (Å²) >= 11 is 5.08. The Bertz CT molecular complexity index is 771. The molecule has 1 saturated carbocycles. The minimum Gasteiger partial charge on any atom is -0.147 e. The second-order valence-corrected chi connectivity index (χ2v) is 7.69. The van der Waals surface area contributed by atoms with E-state index in [2.05, 4.69) is 71.0 Å². The van der Waals surface area contributed by atoms with Crippen LogP contribution in [0.15, 0.2) is 41.3 Å². The van der Waals surface area contributed by atoms with Crippen molar-refractivity contribution in [3.8, 4) is 0 Å². The van der Waals surface area contributed by atoms with Crippen molar-refractivity contribution in [3.63, 3.8) is 0 Å². The van der Waals surface area contributed by atoms with Gasteiger partial charge in [0.25, 0.3) is 0 Å². The third-order valence-electron chi connectivity index (χ3n) is 6.24. The zero-order chi connectivity index (χ0) is 16.8. The van der Waals surface area contributed by atoms with Gasteiger partial charge in [0.1, 0.15) is 0 Å². The maximum atomic E-state index is 5.08. The molecular weight excluding hydrogens is 296 g/mol. The van der Waals surface area contributed by atoms with Gasteiger partial charge < -0.3 is 0 Å². The molecule has 0 spiro atoms. The van der Waals surface area contributed by atoms with Crippen molar-refractivity contribution < 1.29 is 0 Å². The van der Waals surface area contributed by atoms with Gasteiger partial charge in [0.15, 0.2) is 0 Å². The fourth-order valence-corrected chi connectivity index (χ4v) is 5.21. The van der Waals surface area contributed by atoms with Gasteiger partial charge in [0.05, 0.1) is 0 Å². The molecule has 0 N–H and O–H groups in total. The Morgan fingerprint density at radius 2 is 1.83 bits per heavy atom. The molecule has 2 aromatic rings. The van der Waals surface area contributed by atoms with Crippen LogP contribution in [0.4, 0.5) is 0 Å². The van der Waals surface area contributed by atoms with Crippen molar-refractivity contribution in [3.05, 3.63) is 52.4 Å². The number of rotatable bonds is 4. The number of allylic oxidation sites excluding steroid dienone is 2. The van der Waals surface area contributed by atoms with Crippen LogP contribution in [0.2, 0.25) is 0 Å². The summed E-state index contributed by atoms with van der Waals surface area (Å²) in [4.78, 5) is 1.32. The van der Waals surface area contributed by atoms with Crippen LogP contribution in [0.3, 0.4) is 0 Å². The number of fused-ring (bicyclic) bond motifs is 1. The molecule has 0 aromatic heterocycles. The predicted molar refractivity (Wildman–Crippen MR) is 106 cm³/mol. The highest BCUT2D eigenvalue weighted by molar-refractivity contribution is 7.84. The minimum absolute atomic E-state index is 0.257. The van der Waals surface area contributed by atoms with Gasteiger partial charge >= 0.3 is 0 Å². The van der Waals surface area contributed by atoms with E-state index in [9.17, 15) is 0 Å². The summed E-state index contributed by atoms with van der Waals surface area (Å²) in [6.45, 7) is 11.6. The summed E-state index contributed by atoms with van der Waals surface area (Å²) in [7, 11) is 0. The van der Waals surface area contributed by atoms with Gasteiger partial charge in [-0.1, -0.05) is 70.5 Å². The SMILES string of the molecule is CC/C(=C(/S)C1(C)[C@@H](C)[C@@H]1CC)c1c(C)ccc2ccccc12. The monoisotopic (exact) mass is 324 g/mol. The van der Waals surface area contributed by atoms with Gasteiger partial charge in [0.2, 0.25) is 0 Å². The summed E-state index contributed by atoms with van der Waals surface area (Å²) in [5, 5.41) is 2.68. The van der Waals surface area contributed by atoms with Gasteiger partial charge in [-0.25, -0.2) is 0 Å². The second kappa shape index (κ2) is 6.02. The Hall–Kier alpha value is -1.21. The normalized spacial score (nSPS) is 27.9. The topological polar surface area (TPSA) is 0 Å². The van der Waals surface area contributed by atoms with E-state index in [1.165, 1.54) is 38.8 Å². The van der Waals surface area contributed by atoms with Crippen molar-refractivity contribution in [2.45, 2.75) is 47.5 Å². The first kappa shape index (κ1) is 16.6. The molecule has 23 heavy (non-hydrogen) atoms. The number of hydrogen-bond donors (Lipinski definition) is 1. The molecule has 1 heteroatoms. The molecule has 1 aliphatic rings. The highest BCUT2D eigenvalue weighted by Crippen LogP contribution is 2.66. The van der Waals surface area contributed by atoms with Crippen LogP contribution in [0, 0.1) is 24.2 Å². The molecule has 0 saturated heterocycles. The first-order valence-electron chi connectivity index (χ1n) is 8.88. The summed E-state index contributed by atoms with van der Waals surface area (Å²) in [6, 6.07) is 13.2. The second-order valence-electron chi connectivity index (χ2n) is 7.25. The number of thiol groups is 1. The smallest absolute Gasteiger partial charge is 0.00444 e. The maximum Gasteiger partial charge on any atom is 0.00444 e. The molecule has 1 unspecified atom stereocenters. The number of benzene rings is 2. The average molecular weight is 325 g/mol. The largest absolute Gasteiger partial charge is 0.147 e. The Morgan fingerprint density at radius 1 is 1.13 bits per heavy atom. The lowest BCUT2D eigenvalue weighted by Crippen LogP contribution is -2.04. The van der Waals surface area contributed by atoms with E-state index in [-0.39, 0.29) is 5.41 Å². The van der Waals surface area contributed by atoms with Gasteiger partial charge in [0, 0.05) is 5.41 Å². The highest BCUT2D eigenvalue weighted by Gasteiger charge is 2.58. The molecule has 2 aromatic carbocycles. The molecule has 0 bridgehead atoms. The Kier molecular flexibility index (Phi) is 4.35. The van der Waals surface area contributed by atoms with E-state index in [1.54, 1.807) is 0 Å². The quantitative estimate of drug-likeness (QED) is 0.582. The summed E-state index contributed by atoms with van der Waals surface area (Å²) in [5.74, 6) is 1.50. The van der Waals surface area contributed by atoms with Crippen LogP contribution < -0.4 is 0 Å². The van der Waals surface area contributed by atoms with E-state index in [1.807, 2.05) is 0 Å². The lowest BCUT2D eigenvalue weighted by molar-refractivity contribution is 0.598. The van der Waals surface area contributed by atoms with Crippen molar-refractivity contribution in [1.82, 2.24) is 0 Å². The van der Waals surface area contributed by atoms with E-state index in [4.69, 9.17) is 12.6 Å². The Morgan fingerprint density at radius 3 is 2.43 bits per heavy atom. The van der Waals surface area contributed by atoms with Crippen LogP contribution in [-0.4, -0.2) is 0 Å². The average Bonchev–Trinajstić information content (AvgIpc) is 3.11. The highest BCUT2D eigenvalue weighted by atomic mass is 32.1. The summed E-state index contributed by atoms with van der Waals surface area (Å²) < 4.78 is 0. The lowest BCUT2D eigenvalue weighted by atomic mass is 9.88. The number of aryl methyl sites for hydroxylation is 1. The summed E-state index contributed by atoms with van der Waals surface area (Å²) in [5.41, 5.74) is 4.46. The lowest BCUT2D eigenvalue weighted by Gasteiger charge is -2.21. The van der Waals surface area contributed by atoms with Gasteiger partial charge in [-0.05, 0) is 57.6 Å². The third kappa shape index (κ3) is 2.45. The van der Waals surface area contributed by atoms with Crippen LogP contribution in [0.5, 0.6) is 0 Å². The van der Waals surface area contributed by atoms with Crippen molar-refractivity contribution in [2.24, 2.45) is 17.3 Å². The fourth-order valence-electron chi connectivity index (χ4n) is 4.57. The zero-order valence-electron chi connectivity index (χ0n) is 15.0. The fraction of sp³-hybridized carbons (Fsp3) is 0.455. The molecule has 0 heterocycles. The molecule has 0 radical (unpaired) electrons. The zero-order valence-corrected chi connectivity index (χ0v) is 15.9. The van der Waals surface area contributed by atoms with Gasteiger partial charge in [-0.3, -0.25) is 0 Å². The van der Waals surface area contributed by atoms with E-state index < -0.39 is 0 Å². The van der Waals surface area contributed by atoms with Crippen LogP contribution in [-0.2, 0) is 0 Å². The molecular formula is C22H28S. The van der Waals surface area contributed by atoms with Crippen molar-refractivity contribution in [2.75, 3.05) is 0 Å². The summed E-state index contributed by atoms with van der Waals surface area (Å²) in [6.07, 6.45) is 2.28. The minimum atomic E-state index is 0.257. The molecule has 0 nitrogen and oxygen atoms in total. The third-order valence-corrected chi connectivity index (χ3v) is 6.99. The van der Waals surface area contributed by atoms with E-state index >= 15 is 0 Å². The Balaban J connectivity index is 2.23. The molecule has 122 valence electrons. The Labute approximate surface area is 146 Å². The van der Waals surface area contributed by atoms with Crippen LogP contribution in [0.1, 0.15) is 51.7 Å². The van der Waals surface area contributed by atoms with Crippen LogP contribution >= 0.6 is 12.6 Å². The maximum absolute atomic E-state index is 5.08. The molecule has 1 aliphatic carbocycles. The first-order chi connectivity index (χ1) is 11.0. The van der Waals surface area contributed by atoms with Crippen molar-refractivity contribution >= 4 is 29.0 Å². The predicted octanol–water partition coefficient (Wildman–Crippen LogP) is 6.88. The molecule has 0 aliphatic heterocycles. The molecule has 3 rings (SSSR count). The van der Waals surface area contributed by atoms with Crippen LogP contribution in [0.25, 0.3) is 16.3 Å². The first-order valence-corrected chi connectivity index (χ1v) is 9.32. The molecule has 1 fully saturated rings. The number of hydrogen-bond acceptors (Lipinski definition) is 1. The molecule has 3 atom stereocenters. The standard InChI is InChI=1S/C22H28S/c1-6-17(21(23)22(5)15(4)19(22)7-2)20-14(3)12-13-16-10-8-9-11-18(16)20/h8-13,15,19,23H,6-7H2,1-5H3/b21-17-/t15-,19-,22?/m0/s1. The van der Waals surface area contributed by atoms with E-state index in [0.29, 0.717) is 0 Å². The van der Waals surface area contributed by atoms with Crippen molar-refractivity contribution in [1.29, 1.82) is 0 Å². The molecule has 0 amide bonds. The van der Waals surface area contributed by atoms with Gasteiger partial charge in [-0.2, -0.15) is 0 Å². The van der Waals surface area contributed by atoms with E-state index in [0.717, 1.165) is 18.3 Å². The van der Waals surface area contributed by atoms with Gasteiger partial charge in [-0.15, -0.1) is 12.6 Å².